The lowest BCUT2D eigenvalue weighted by Crippen LogP contribution is -2.48. The van der Waals surface area contributed by atoms with Crippen LogP contribution in [0.1, 0.15) is 25.7 Å². The molecule has 1 aromatic carbocycles. The molecule has 178 valence electrons. The Morgan fingerprint density at radius 3 is 2.47 bits per heavy atom. The maximum Gasteiger partial charge on any atom is 0.350 e. The van der Waals surface area contributed by atoms with Gasteiger partial charge in [0.2, 0.25) is 11.8 Å². The molecule has 1 aliphatic carbocycles. The number of nitro groups is 1. The molecule has 2 aliphatic heterocycles. The molecule has 4 rings (SSSR count). The quantitative estimate of drug-likeness (QED) is 0.331. The minimum absolute atomic E-state index is 0.0621. The maximum absolute atomic E-state index is 12.6. The predicted molar refractivity (Wildman–Crippen MR) is 127 cm³/mol. The lowest BCUT2D eigenvalue weighted by atomic mass is 9.95. The highest BCUT2D eigenvalue weighted by Gasteiger charge is 2.35. The van der Waals surface area contributed by atoms with E-state index in [1.54, 1.807) is 36.4 Å². The van der Waals surface area contributed by atoms with Gasteiger partial charge in [0.15, 0.2) is 0 Å². The number of nitro benzene ring substituents is 1. The van der Waals surface area contributed by atoms with E-state index in [1.807, 2.05) is 4.90 Å². The monoisotopic (exact) mass is 465 g/mol. The molecule has 0 aromatic heterocycles. The van der Waals surface area contributed by atoms with Gasteiger partial charge in [-0.1, -0.05) is 24.6 Å². The first-order valence-corrected chi connectivity index (χ1v) is 11.5. The Morgan fingerprint density at radius 2 is 1.76 bits per heavy atom. The summed E-state index contributed by atoms with van der Waals surface area (Å²) in [5.41, 5.74) is 1.47. The molecule has 1 fully saturated rings. The number of hydrogen-bond acceptors (Lipinski definition) is 6. The van der Waals surface area contributed by atoms with Crippen LogP contribution in [-0.4, -0.2) is 71.0 Å². The van der Waals surface area contributed by atoms with E-state index in [0.717, 1.165) is 12.1 Å². The number of imide groups is 1. The molecule has 10 nitrogen and oxygen atoms in total. The number of allylic oxidation sites excluding steroid dienone is 3. The van der Waals surface area contributed by atoms with Crippen molar-refractivity contribution in [2.24, 2.45) is 10.9 Å². The Bertz CT molecular complexity index is 1050. The Morgan fingerprint density at radius 1 is 1.03 bits per heavy atom. The van der Waals surface area contributed by atoms with Crippen molar-refractivity contribution in [2.75, 3.05) is 37.6 Å². The summed E-state index contributed by atoms with van der Waals surface area (Å²) in [4.78, 5) is 56.9. The van der Waals surface area contributed by atoms with Crippen molar-refractivity contribution < 1.29 is 19.3 Å². The SMILES string of the molecule is O=C(CCCCCN1C(=O)N=C2C=CC=CC2C1=O)N1CCN(c2ccc([N+](=O)[O-])cc2)CC1. The first-order chi connectivity index (χ1) is 16.4. The Kier molecular flexibility index (Phi) is 7.15. The number of carbonyl (C=O) groups excluding carboxylic acids is 3. The minimum Gasteiger partial charge on any atom is -0.368 e. The van der Waals surface area contributed by atoms with E-state index in [1.165, 1.54) is 17.0 Å². The molecule has 10 heteroatoms. The Hall–Kier alpha value is -3.82. The normalized spacial score (nSPS) is 19.8. The molecule has 0 N–H and O–H groups in total. The topological polar surface area (TPSA) is 116 Å². The van der Waals surface area contributed by atoms with Crippen LogP contribution in [0.25, 0.3) is 0 Å². The van der Waals surface area contributed by atoms with Crippen LogP contribution in [-0.2, 0) is 9.59 Å². The number of anilines is 1. The number of hydrogen-bond donors (Lipinski definition) is 0. The number of carbonyl (C=O) groups is 3. The second kappa shape index (κ2) is 10.4. The van der Waals surface area contributed by atoms with Crippen molar-refractivity contribution in [2.45, 2.75) is 25.7 Å². The number of unbranched alkanes of at least 4 members (excludes halogenated alkanes) is 2. The fourth-order valence-electron chi connectivity index (χ4n) is 4.37. The molecule has 34 heavy (non-hydrogen) atoms. The van der Waals surface area contributed by atoms with E-state index in [-0.39, 0.29) is 17.5 Å². The van der Waals surface area contributed by atoms with Crippen molar-refractivity contribution in [3.05, 3.63) is 58.7 Å². The Balaban J connectivity index is 1.15. The summed E-state index contributed by atoms with van der Waals surface area (Å²) in [6.45, 7) is 2.88. The average molecular weight is 466 g/mol. The smallest absolute Gasteiger partial charge is 0.350 e. The second-order valence-corrected chi connectivity index (χ2v) is 8.48. The van der Waals surface area contributed by atoms with Gasteiger partial charge in [-0.3, -0.25) is 24.6 Å². The fourth-order valence-corrected chi connectivity index (χ4v) is 4.37. The van der Waals surface area contributed by atoms with Gasteiger partial charge in [-0.15, -0.1) is 0 Å². The van der Waals surface area contributed by atoms with Crippen LogP contribution in [0.4, 0.5) is 16.2 Å². The van der Waals surface area contributed by atoms with Crippen LogP contribution in [0.3, 0.4) is 0 Å². The van der Waals surface area contributed by atoms with Crippen molar-refractivity contribution in [3.8, 4) is 0 Å². The average Bonchev–Trinajstić information content (AvgIpc) is 2.85. The van der Waals surface area contributed by atoms with E-state index in [2.05, 4.69) is 9.89 Å². The summed E-state index contributed by atoms with van der Waals surface area (Å²) < 4.78 is 0. The lowest BCUT2D eigenvalue weighted by molar-refractivity contribution is -0.384. The van der Waals surface area contributed by atoms with E-state index in [0.29, 0.717) is 57.7 Å². The summed E-state index contributed by atoms with van der Waals surface area (Å²) in [5, 5.41) is 10.8. The third-order valence-electron chi connectivity index (χ3n) is 6.32. The highest BCUT2D eigenvalue weighted by Crippen LogP contribution is 2.22. The molecule has 0 saturated carbocycles. The minimum atomic E-state index is -0.516. The zero-order valence-corrected chi connectivity index (χ0v) is 18.8. The summed E-state index contributed by atoms with van der Waals surface area (Å²) >= 11 is 0. The molecular weight excluding hydrogens is 438 g/mol. The van der Waals surface area contributed by atoms with Gasteiger partial charge >= 0.3 is 6.03 Å². The van der Waals surface area contributed by atoms with Gasteiger partial charge < -0.3 is 9.80 Å². The van der Waals surface area contributed by atoms with Gasteiger partial charge in [-0.2, -0.15) is 4.99 Å². The summed E-state index contributed by atoms with van der Waals surface area (Å²) in [6.07, 6.45) is 9.48. The number of benzene rings is 1. The molecular formula is C24H27N5O5. The van der Waals surface area contributed by atoms with Crippen LogP contribution in [0.15, 0.2) is 53.6 Å². The van der Waals surface area contributed by atoms with Crippen LogP contribution >= 0.6 is 0 Å². The van der Waals surface area contributed by atoms with Crippen molar-refractivity contribution in [1.29, 1.82) is 0 Å². The van der Waals surface area contributed by atoms with E-state index in [9.17, 15) is 24.5 Å². The van der Waals surface area contributed by atoms with E-state index < -0.39 is 16.9 Å². The summed E-state index contributed by atoms with van der Waals surface area (Å²) in [5.74, 6) is -0.617. The lowest BCUT2D eigenvalue weighted by Gasteiger charge is -2.36. The largest absolute Gasteiger partial charge is 0.368 e. The van der Waals surface area contributed by atoms with Crippen molar-refractivity contribution in [1.82, 2.24) is 9.80 Å². The first kappa shape index (κ1) is 23.3. The van der Waals surface area contributed by atoms with Crippen LogP contribution in [0.2, 0.25) is 0 Å². The molecule has 0 radical (unpaired) electrons. The summed E-state index contributed by atoms with van der Waals surface area (Å²) in [6, 6.07) is 5.94. The molecule has 0 spiro atoms. The molecule has 3 aliphatic rings. The number of piperazine rings is 1. The molecule has 1 atom stereocenters. The van der Waals surface area contributed by atoms with Crippen molar-refractivity contribution in [3.63, 3.8) is 0 Å². The van der Waals surface area contributed by atoms with E-state index >= 15 is 0 Å². The zero-order valence-electron chi connectivity index (χ0n) is 18.8. The zero-order chi connectivity index (χ0) is 24.1. The molecule has 0 bridgehead atoms. The highest BCUT2D eigenvalue weighted by atomic mass is 16.6. The van der Waals surface area contributed by atoms with Gasteiger partial charge in [0.1, 0.15) is 0 Å². The van der Waals surface area contributed by atoms with Crippen molar-refractivity contribution >= 4 is 34.9 Å². The number of urea groups is 1. The standard InChI is InChI=1S/C24H27N5O5/c30-22(27-16-14-26(15-17-27)18-9-11-19(12-10-18)29(33)34)8-2-1-5-13-28-23(31)20-6-3-4-7-21(20)25-24(28)32/h3-4,6-7,9-12,20H,1-2,5,8,13-17H2. The van der Waals surface area contributed by atoms with Gasteiger partial charge in [0, 0.05) is 57.0 Å². The second-order valence-electron chi connectivity index (χ2n) is 8.48. The highest BCUT2D eigenvalue weighted by molar-refractivity contribution is 6.21. The third kappa shape index (κ3) is 5.22. The molecule has 2 heterocycles. The number of non-ortho nitro benzene ring substituents is 1. The number of aliphatic imine (C=N–C) groups is 1. The van der Waals surface area contributed by atoms with Crippen LogP contribution < -0.4 is 4.90 Å². The van der Waals surface area contributed by atoms with Crippen LogP contribution in [0, 0.1) is 16.0 Å². The third-order valence-corrected chi connectivity index (χ3v) is 6.32. The van der Waals surface area contributed by atoms with E-state index in [4.69, 9.17) is 0 Å². The number of fused-ring (bicyclic) bond motifs is 1. The molecule has 1 aromatic rings. The number of nitrogens with zero attached hydrogens (tertiary/aromatic N) is 5. The van der Waals surface area contributed by atoms with Gasteiger partial charge in [0.25, 0.3) is 5.69 Å². The van der Waals surface area contributed by atoms with Gasteiger partial charge in [0.05, 0.1) is 16.6 Å². The fraction of sp³-hybridized carbons (Fsp3) is 0.417. The molecule has 4 amide bonds. The predicted octanol–water partition coefficient (Wildman–Crippen LogP) is 2.95. The van der Waals surface area contributed by atoms with Gasteiger partial charge in [-0.25, -0.2) is 4.79 Å². The first-order valence-electron chi connectivity index (χ1n) is 11.5. The maximum atomic E-state index is 12.6. The Labute approximate surface area is 197 Å². The molecule has 1 unspecified atom stereocenters. The van der Waals surface area contributed by atoms with Crippen LogP contribution in [0.5, 0.6) is 0 Å². The number of rotatable bonds is 8. The number of amides is 4. The summed E-state index contributed by atoms with van der Waals surface area (Å²) in [7, 11) is 0. The van der Waals surface area contributed by atoms with Gasteiger partial charge in [-0.05, 0) is 31.1 Å². The molecule has 1 saturated heterocycles.